The molecule has 0 radical (unpaired) electrons. The normalized spacial score (nSPS) is 21.0. The highest BCUT2D eigenvalue weighted by Gasteiger charge is 2.63. The van der Waals surface area contributed by atoms with Crippen LogP contribution in [-0.4, -0.2) is 28.0 Å². The van der Waals surface area contributed by atoms with E-state index in [-0.39, 0.29) is 22.4 Å². The van der Waals surface area contributed by atoms with Gasteiger partial charge in [-0.05, 0) is 56.7 Å². The third-order valence-electron chi connectivity index (χ3n) is 6.24. The number of fused-ring (bicyclic) bond motifs is 2. The standard InChI is InChI=1S/C27H25FN2O2S/c1-18-8-12-20(13-9-18)24(31)30-17-26(2,3)33-27(30)22-6-4-5-7-23(22)29(25(27)32)16-19-10-14-21(28)15-11-19/h4-15H,16-17H2,1-3H3. The lowest BCUT2D eigenvalue weighted by Gasteiger charge is -2.33. The SMILES string of the molecule is Cc1ccc(C(=O)N2CC(C)(C)SC23C(=O)N(Cc2ccc(F)cc2)c2ccccc23)cc1. The molecule has 2 aliphatic heterocycles. The molecule has 1 fully saturated rings. The lowest BCUT2D eigenvalue weighted by atomic mass is 10.0. The zero-order valence-corrected chi connectivity index (χ0v) is 19.7. The Labute approximate surface area is 197 Å². The second-order valence-corrected chi connectivity index (χ2v) is 11.2. The van der Waals surface area contributed by atoms with Crippen LogP contribution in [0.15, 0.2) is 72.8 Å². The highest BCUT2D eigenvalue weighted by Crippen LogP contribution is 2.60. The molecule has 0 aliphatic carbocycles. The highest BCUT2D eigenvalue weighted by molar-refractivity contribution is 8.02. The Kier molecular flexibility index (Phi) is 5.09. The molecule has 3 aromatic carbocycles. The molecule has 1 atom stereocenters. The van der Waals surface area contributed by atoms with Crippen molar-refractivity contribution in [2.75, 3.05) is 11.4 Å². The summed E-state index contributed by atoms with van der Waals surface area (Å²) in [6.07, 6.45) is 0. The fourth-order valence-electron chi connectivity index (χ4n) is 4.74. The van der Waals surface area contributed by atoms with Crippen LogP contribution in [0.3, 0.4) is 0 Å². The lowest BCUT2D eigenvalue weighted by molar-refractivity contribution is -0.123. The minimum atomic E-state index is -1.14. The number of para-hydroxylation sites is 1. The van der Waals surface area contributed by atoms with E-state index in [0.717, 1.165) is 22.4 Å². The predicted molar refractivity (Wildman–Crippen MR) is 130 cm³/mol. The lowest BCUT2D eigenvalue weighted by Crippen LogP contribution is -2.50. The summed E-state index contributed by atoms with van der Waals surface area (Å²) in [6, 6.07) is 21.3. The van der Waals surface area contributed by atoms with Crippen molar-refractivity contribution >= 4 is 29.3 Å². The van der Waals surface area contributed by atoms with Gasteiger partial charge in [0.25, 0.3) is 11.8 Å². The quantitative estimate of drug-likeness (QED) is 0.518. The molecule has 0 saturated carbocycles. The van der Waals surface area contributed by atoms with Gasteiger partial charge in [0.2, 0.25) is 0 Å². The van der Waals surface area contributed by atoms with Crippen LogP contribution in [0.4, 0.5) is 10.1 Å². The molecule has 2 aliphatic rings. The topological polar surface area (TPSA) is 40.6 Å². The van der Waals surface area contributed by atoms with Gasteiger partial charge < -0.3 is 9.80 Å². The third kappa shape index (κ3) is 3.53. The molecular weight excluding hydrogens is 435 g/mol. The van der Waals surface area contributed by atoms with Gasteiger partial charge in [-0.3, -0.25) is 9.59 Å². The Morgan fingerprint density at radius 2 is 1.67 bits per heavy atom. The number of carbonyl (C=O) groups excluding carboxylic acids is 2. The number of thioether (sulfide) groups is 1. The number of halogens is 1. The summed E-state index contributed by atoms with van der Waals surface area (Å²) in [4.78, 5) is 30.3. The number of aryl methyl sites for hydroxylation is 1. The number of hydrogen-bond acceptors (Lipinski definition) is 3. The zero-order chi connectivity index (χ0) is 23.4. The first-order valence-electron chi connectivity index (χ1n) is 11.0. The van der Waals surface area contributed by atoms with Crippen LogP contribution in [-0.2, 0) is 16.2 Å². The van der Waals surface area contributed by atoms with Crippen molar-refractivity contribution in [2.45, 2.75) is 36.9 Å². The van der Waals surface area contributed by atoms with Gasteiger partial charge in [0.1, 0.15) is 5.82 Å². The summed E-state index contributed by atoms with van der Waals surface area (Å²) in [5, 5.41) is 0. The van der Waals surface area contributed by atoms with E-state index >= 15 is 0 Å². The number of benzene rings is 3. The molecule has 3 aromatic rings. The summed E-state index contributed by atoms with van der Waals surface area (Å²) >= 11 is 1.53. The van der Waals surface area contributed by atoms with E-state index in [1.807, 2.05) is 55.5 Å². The molecule has 2 heterocycles. The van der Waals surface area contributed by atoms with Crippen LogP contribution in [0, 0.1) is 12.7 Å². The van der Waals surface area contributed by atoms with Crippen LogP contribution in [0.2, 0.25) is 0 Å². The van der Waals surface area contributed by atoms with E-state index in [4.69, 9.17) is 0 Å². The molecule has 33 heavy (non-hydrogen) atoms. The molecule has 1 saturated heterocycles. The number of nitrogens with zero attached hydrogens (tertiary/aromatic N) is 2. The minimum Gasteiger partial charge on any atom is -0.310 e. The number of hydrogen-bond donors (Lipinski definition) is 0. The van der Waals surface area contributed by atoms with Crippen LogP contribution < -0.4 is 4.90 Å². The van der Waals surface area contributed by atoms with Gasteiger partial charge >= 0.3 is 0 Å². The molecule has 6 heteroatoms. The Hall–Kier alpha value is -3.12. The van der Waals surface area contributed by atoms with Gasteiger partial charge in [-0.25, -0.2) is 4.39 Å². The molecule has 168 valence electrons. The van der Waals surface area contributed by atoms with Crippen molar-refractivity contribution in [1.82, 2.24) is 4.90 Å². The maximum absolute atomic E-state index is 14.2. The smallest absolute Gasteiger partial charge is 0.268 e. The van der Waals surface area contributed by atoms with E-state index in [1.54, 1.807) is 21.9 Å². The number of carbonyl (C=O) groups is 2. The molecule has 0 bridgehead atoms. The van der Waals surface area contributed by atoms with Crippen molar-refractivity contribution in [2.24, 2.45) is 0 Å². The van der Waals surface area contributed by atoms with Crippen LogP contribution in [0.5, 0.6) is 0 Å². The Morgan fingerprint density at radius 1 is 1.00 bits per heavy atom. The van der Waals surface area contributed by atoms with E-state index < -0.39 is 4.87 Å². The molecular formula is C27H25FN2O2S. The maximum Gasteiger partial charge on any atom is 0.268 e. The predicted octanol–water partition coefficient (Wildman–Crippen LogP) is 5.50. The molecule has 0 aromatic heterocycles. The first-order valence-corrected chi connectivity index (χ1v) is 11.8. The zero-order valence-electron chi connectivity index (χ0n) is 18.8. The van der Waals surface area contributed by atoms with E-state index in [1.165, 1.54) is 23.9 Å². The van der Waals surface area contributed by atoms with Crippen molar-refractivity contribution in [3.63, 3.8) is 0 Å². The van der Waals surface area contributed by atoms with Gasteiger partial charge in [-0.15, -0.1) is 11.8 Å². The number of amides is 2. The Morgan fingerprint density at radius 3 is 2.36 bits per heavy atom. The van der Waals surface area contributed by atoms with Gasteiger partial charge in [0, 0.05) is 22.4 Å². The highest BCUT2D eigenvalue weighted by atomic mass is 32.2. The van der Waals surface area contributed by atoms with E-state index in [9.17, 15) is 14.0 Å². The van der Waals surface area contributed by atoms with Gasteiger partial charge in [0.15, 0.2) is 4.87 Å². The summed E-state index contributed by atoms with van der Waals surface area (Å²) < 4.78 is 13.1. The Bertz CT molecular complexity index is 1240. The number of anilines is 1. The maximum atomic E-state index is 14.2. The van der Waals surface area contributed by atoms with E-state index in [0.29, 0.717) is 18.7 Å². The van der Waals surface area contributed by atoms with Gasteiger partial charge in [-0.1, -0.05) is 48.0 Å². The average Bonchev–Trinajstić information content (AvgIpc) is 3.21. The fraction of sp³-hybridized carbons (Fsp3) is 0.259. The van der Waals surface area contributed by atoms with Crippen LogP contribution >= 0.6 is 11.8 Å². The minimum absolute atomic E-state index is 0.135. The molecule has 0 N–H and O–H groups in total. The summed E-state index contributed by atoms with van der Waals surface area (Å²) in [6.45, 7) is 6.88. The second-order valence-electron chi connectivity index (χ2n) is 9.30. The van der Waals surface area contributed by atoms with Gasteiger partial charge in [0.05, 0.1) is 12.2 Å². The third-order valence-corrected chi connectivity index (χ3v) is 7.83. The first kappa shape index (κ1) is 21.7. The number of rotatable bonds is 3. The summed E-state index contributed by atoms with van der Waals surface area (Å²) in [5.74, 6) is -0.602. The fourth-order valence-corrected chi connectivity index (χ4v) is 6.47. The summed E-state index contributed by atoms with van der Waals surface area (Å²) in [7, 11) is 0. The Balaban J connectivity index is 1.61. The second kappa shape index (κ2) is 7.73. The monoisotopic (exact) mass is 460 g/mol. The molecule has 1 spiro atoms. The average molecular weight is 461 g/mol. The van der Waals surface area contributed by atoms with Crippen LogP contribution in [0.25, 0.3) is 0 Å². The van der Waals surface area contributed by atoms with Crippen LogP contribution in [0.1, 0.15) is 40.9 Å². The molecule has 1 unspecified atom stereocenters. The molecule has 5 rings (SSSR count). The molecule has 4 nitrogen and oxygen atoms in total. The van der Waals surface area contributed by atoms with Gasteiger partial charge in [-0.2, -0.15) is 0 Å². The summed E-state index contributed by atoms with van der Waals surface area (Å²) in [5.41, 5.74) is 4.09. The van der Waals surface area contributed by atoms with Crippen molar-refractivity contribution in [1.29, 1.82) is 0 Å². The van der Waals surface area contributed by atoms with Crippen molar-refractivity contribution < 1.29 is 14.0 Å². The van der Waals surface area contributed by atoms with Crippen molar-refractivity contribution in [3.8, 4) is 0 Å². The first-order chi connectivity index (χ1) is 15.7. The van der Waals surface area contributed by atoms with Crippen molar-refractivity contribution in [3.05, 3.63) is 101 Å². The molecule has 2 amide bonds. The largest absolute Gasteiger partial charge is 0.310 e. The van der Waals surface area contributed by atoms with E-state index in [2.05, 4.69) is 13.8 Å².